The smallest absolute Gasteiger partial charge is 0.296 e. The zero-order chi connectivity index (χ0) is 34.8. The van der Waals surface area contributed by atoms with E-state index in [2.05, 4.69) is 30.8 Å². The largest absolute Gasteiger partial charge is 0.352 e. The Morgan fingerprint density at radius 1 is 0.660 bits per heavy atom. The van der Waals surface area contributed by atoms with Crippen molar-refractivity contribution in [1.29, 1.82) is 0 Å². The van der Waals surface area contributed by atoms with Gasteiger partial charge >= 0.3 is 0 Å². The molecular weight excluding hydrogens is 683 g/mol. The summed E-state index contributed by atoms with van der Waals surface area (Å²) in [5, 5.41) is 15.6. The number of rotatable bonds is 7. The summed E-state index contributed by atoms with van der Waals surface area (Å²) in [6.45, 7) is 4.31. The fourth-order valence-corrected chi connectivity index (χ4v) is 7.37. The van der Waals surface area contributed by atoms with Gasteiger partial charge in [0, 0.05) is 71.7 Å². The van der Waals surface area contributed by atoms with Gasteiger partial charge in [0.1, 0.15) is 0 Å². The van der Waals surface area contributed by atoms with Gasteiger partial charge in [-0.3, -0.25) is 19.2 Å². The van der Waals surface area contributed by atoms with E-state index in [-0.39, 0.29) is 58.0 Å². The minimum absolute atomic E-state index is 0.0196. The number of carbonyl (C=O) groups is 2. The molecule has 0 aliphatic carbocycles. The van der Waals surface area contributed by atoms with E-state index in [0.29, 0.717) is 82.5 Å². The van der Waals surface area contributed by atoms with Crippen molar-refractivity contribution in [3.05, 3.63) is 90.9 Å². The first-order chi connectivity index (χ1) is 24.0. The van der Waals surface area contributed by atoms with Crippen LogP contribution < -0.4 is 21.8 Å². The number of carbonyl (C=O) groups excluding carboxylic acids is 2. The van der Waals surface area contributed by atoms with Gasteiger partial charge in [0.25, 0.3) is 11.1 Å². The summed E-state index contributed by atoms with van der Waals surface area (Å²) < 4.78 is 6.10. The number of aryl methyl sites for hydroxylation is 2. The predicted molar refractivity (Wildman–Crippen MR) is 186 cm³/mol. The third-order valence-electron chi connectivity index (χ3n) is 9.35. The Kier molecular flexibility index (Phi) is 7.79. The molecule has 8 rings (SSSR count). The van der Waals surface area contributed by atoms with E-state index in [1.807, 2.05) is 26.0 Å². The van der Waals surface area contributed by atoms with Crippen molar-refractivity contribution in [2.75, 3.05) is 0 Å². The summed E-state index contributed by atoms with van der Waals surface area (Å²) in [7, 11) is 0. The van der Waals surface area contributed by atoms with Crippen molar-refractivity contribution < 1.29 is 9.59 Å². The molecule has 2 aliphatic rings. The third kappa shape index (κ3) is 5.44. The van der Waals surface area contributed by atoms with E-state index >= 15 is 0 Å². The fourth-order valence-electron chi connectivity index (χ4n) is 6.75. The monoisotopic (exact) mass is 712 g/mol. The molecule has 50 heavy (non-hydrogen) atoms. The first kappa shape index (κ1) is 31.9. The van der Waals surface area contributed by atoms with Gasteiger partial charge in [-0.25, -0.2) is 19.0 Å². The highest BCUT2D eigenvalue weighted by molar-refractivity contribution is 6.39. The second kappa shape index (κ2) is 12.2. The third-order valence-corrected chi connectivity index (χ3v) is 10.2. The van der Waals surface area contributed by atoms with E-state index in [4.69, 9.17) is 23.2 Å². The molecule has 6 aromatic rings. The van der Waals surface area contributed by atoms with Crippen LogP contribution in [0.5, 0.6) is 0 Å². The Morgan fingerprint density at radius 3 is 1.44 bits per heavy atom. The van der Waals surface area contributed by atoms with Gasteiger partial charge < -0.3 is 19.8 Å². The molecule has 2 aromatic carbocycles. The second-order valence-corrected chi connectivity index (χ2v) is 13.5. The summed E-state index contributed by atoms with van der Waals surface area (Å²) in [5.74, 6) is 0.486. The summed E-state index contributed by atoms with van der Waals surface area (Å²) in [6, 6.07) is 10.5. The predicted octanol–water partition coefficient (Wildman–Crippen LogP) is 3.58. The van der Waals surface area contributed by atoms with Gasteiger partial charge in [-0.05, 0) is 38.8 Å². The number of amides is 2. The zero-order valence-electron chi connectivity index (χ0n) is 27.0. The summed E-state index contributed by atoms with van der Waals surface area (Å²) in [5.41, 5.74) is 3.19. The molecular formula is C34H30Cl2N10O4. The number of nitrogens with one attached hydrogen (secondary N) is 2. The van der Waals surface area contributed by atoms with Crippen LogP contribution >= 0.6 is 23.2 Å². The lowest BCUT2D eigenvalue weighted by Crippen LogP contribution is -2.35. The van der Waals surface area contributed by atoms with Crippen molar-refractivity contribution in [2.24, 2.45) is 0 Å². The molecule has 0 spiro atoms. The van der Waals surface area contributed by atoms with Crippen molar-refractivity contribution in [1.82, 2.24) is 49.0 Å². The minimum atomic E-state index is -0.319. The number of benzene rings is 2. The maximum atomic E-state index is 13.5. The van der Waals surface area contributed by atoms with E-state index < -0.39 is 0 Å². The Labute approximate surface area is 293 Å². The lowest BCUT2D eigenvalue weighted by molar-refractivity contribution is -0.120. The highest BCUT2D eigenvalue weighted by Crippen LogP contribution is 2.41. The van der Waals surface area contributed by atoms with Crippen molar-refractivity contribution in [3.63, 3.8) is 0 Å². The van der Waals surface area contributed by atoms with Crippen LogP contribution in [0.3, 0.4) is 0 Å². The lowest BCUT2D eigenvalue weighted by Gasteiger charge is -2.14. The van der Waals surface area contributed by atoms with E-state index in [0.717, 1.165) is 0 Å². The molecule has 16 heteroatoms. The number of halogens is 2. The van der Waals surface area contributed by atoms with Crippen LogP contribution in [0.4, 0.5) is 0 Å². The Hall–Kier alpha value is -5.34. The van der Waals surface area contributed by atoms with Gasteiger partial charge in [0.2, 0.25) is 23.1 Å². The summed E-state index contributed by atoms with van der Waals surface area (Å²) in [4.78, 5) is 59.6. The van der Waals surface area contributed by atoms with Gasteiger partial charge in [-0.2, -0.15) is 0 Å². The highest BCUT2D eigenvalue weighted by atomic mass is 35.5. The zero-order valence-corrected chi connectivity index (χ0v) is 28.5. The molecule has 2 atom stereocenters. The number of hydrogen-bond acceptors (Lipinski definition) is 8. The Morgan fingerprint density at radius 2 is 1.06 bits per heavy atom. The van der Waals surface area contributed by atoms with Gasteiger partial charge in [-0.15, -0.1) is 10.2 Å². The molecule has 2 N–H and O–H groups in total. The van der Waals surface area contributed by atoms with E-state index in [9.17, 15) is 19.2 Å². The molecule has 14 nitrogen and oxygen atoms in total. The topological polar surface area (TPSA) is 163 Å². The molecule has 6 heterocycles. The lowest BCUT2D eigenvalue weighted by atomic mass is 10.00. The quantitative estimate of drug-likeness (QED) is 0.254. The molecule has 2 amide bonds. The number of fused-ring (bicyclic) bond motifs is 2. The molecule has 254 valence electrons. The highest BCUT2D eigenvalue weighted by Gasteiger charge is 2.26. The molecule has 0 saturated carbocycles. The number of hydrogen-bond donors (Lipinski definition) is 2. The maximum Gasteiger partial charge on any atom is 0.296 e. The van der Waals surface area contributed by atoms with Crippen molar-refractivity contribution in [2.45, 2.75) is 64.7 Å². The molecule has 4 aromatic heterocycles. The van der Waals surface area contributed by atoms with E-state index in [1.54, 1.807) is 45.8 Å². The average molecular weight is 714 g/mol. The Balaban J connectivity index is 1.14. The molecule has 2 unspecified atom stereocenters. The van der Waals surface area contributed by atoms with Crippen LogP contribution in [0, 0.1) is 13.8 Å². The van der Waals surface area contributed by atoms with E-state index in [1.165, 1.54) is 9.03 Å². The van der Waals surface area contributed by atoms with Crippen LogP contribution in [-0.4, -0.2) is 62.2 Å². The number of aromatic nitrogens is 8. The van der Waals surface area contributed by atoms with Gasteiger partial charge in [-0.1, -0.05) is 47.5 Å². The fraction of sp³-hybridized carbons (Fsp3) is 0.294. The van der Waals surface area contributed by atoms with Crippen LogP contribution in [0.15, 0.2) is 58.4 Å². The average Bonchev–Trinajstić information content (AvgIpc) is 3.89. The first-order valence-electron chi connectivity index (χ1n) is 16.2. The molecule has 0 bridgehead atoms. The van der Waals surface area contributed by atoms with Gasteiger partial charge in [0.05, 0.1) is 22.4 Å². The Bertz CT molecular complexity index is 2340. The normalized spacial score (nSPS) is 17.6. The second-order valence-electron chi connectivity index (χ2n) is 12.7. The van der Waals surface area contributed by atoms with Crippen molar-refractivity contribution in [3.8, 4) is 33.9 Å². The number of nitrogens with zero attached hydrogens (tertiary/aromatic N) is 8. The molecule has 2 aliphatic heterocycles. The molecule has 2 fully saturated rings. The molecule has 2 saturated heterocycles. The minimum Gasteiger partial charge on any atom is -0.352 e. The molecule has 0 radical (unpaired) electrons. The van der Waals surface area contributed by atoms with Crippen LogP contribution in [0.2, 0.25) is 10.0 Å². The van der Waals surface area contributed by atoms with Gasteiger partial charge in [0.15, 0.2) is 11.6 Å². The maximum absolute atomic E-state index is 13.5. The van der Waals surface area contributed by atoms with Crippen LogP contribution in [0.1, 0.15) is 37.1 Å². The first-order valence-corrected chi connectivity index (χ1v) is 16.9. The van der Waals surface area contributed by atoms with Crippen LogP contribution in [0.25, 0.3) is 45.2 Å². The summed E-state index contributed by atoms with van der Waals surface area (Å²) in [6.07, 6.45) is 5.66. The summed E-state index contributed by atoms with van der Waals surface area (Å²) >= 11 is 14.1. The van der Waals surface area contributed by atoms with Crippen molar-refractivity contribution >= 4 is 46.3 Å². The standard InChI is InChI=1S/C34H30Cl2N10O4/c1-17-13-45-31(33(49)43(17)15-19-9-11-25(47)37-19)39-29(41-45)23-7-3-5-21(27(23)35)22-6-4-8-24(28(22)36)30-40-32-34(50)44(18(2)14-46(32)42-30)16-20-10-12-26(48)38-20/h3-8,13-14,19-20H,9-12,15-16H2,1-2H3,(H,37,47)(H,38,48). The SMILES string of the molecule is Cc1cn2nc(-c3cccc(-c4cccc(-c5nc6c(=O)n(CC7CCC(=O)N7)c(C)cn6n5)c4Cl)c3Cl)nc2c(=O)n1CC1CCC(=O)N1. The van der Waals surface area contributed by atoms with Crippen LogP contribution in [-0.2, 0) is 22.7 Å².